The number of nitrogens with two attached hydrogens (primary N) is 1. The van der Waals surface area contributed by atoms with E-state index >= 15 is 0 Å². The van der Waals surface area contributed by atoms with Gasteiger partial charge in [-0.05, 0) is 36.3 Å². The lowest BCUT2D eigenvalue weighted by Crippen LogP contribution is -2.59. The van der Waals surface area contributed by atoms with Crippen LogP contribution < -0.4 is 17.0 Å². The van der Waals surface area contributed by atoms with Gasteiger partial charge < -0.3 is 19.3 Å². The molecule has 3 rings (SSSR count). The van der Waals surface area contributed by atoms with Crippen molar-refractivity contribution in [3.8, 4) is 0 Å². The molecule has 1 spiro atoms. The Kier molecular flexibility index (Phi) is 8.56. The molecule has 1 aromatic rings. The normalized spacial score (nSPS) is 27.2. The van der Waals surface area contributed by atoms with Crippen molar-refractivity contribution >= 4 is 26.8 Å². The summed E-state index contributed by atoms with van der Waals surface area (Å²) in [6, 6.07) is 1.25. The van der Waals surface area contributed by atoms with Crippen LogP contribution in [0.1, 0.15) is 47.8 Å². The molecule has 0 aromatic carbocycles. The summed E-state index contributed by atoms with van der Waals surface area (Å²) in [5.74, 6) is 0. The maximum absolute atomic E-state index is 13.6. The van der Waals surface area contributed by atoms with E-state index in [1.165, 1.54) is 22.9 Å². The number of rotatable bonds is 8. The van der Waals surface area contributed by atoms with Crippen LogP contribution >= 0.6 is 0 Å². The SMILES string of the molecule is C=CCn1c(=O)ccn(C2OC(CO[Si](C)(C)C(C)(C)C)C3(OS(=O)(=O)C=C3N)C2O[Si](C)(C)C(C)(C)C)c1=O. The highest BCUT2D eigenvalue weighted by molar-refractivity contribution is 7.90. The monoisotopic (exact) mass is 615 g/mol. The lowest BCUT2D eigenvalue weighted by molar-refractivity contribution is -0.0566. The molecule has 3 heterocycles. The third-order valence-corrected chi connectivity index (χ3v) is 18.8. The summed E-state index contributed by atoms with van der Waals surface area (Å²) in [6.07, 6.45) is -0.599. The highest BCUT2D eigenvalue weighted by atomic mass is 32.2. The van der Waals surface area contributed by atoms with Gasteiger partial charge in [-0.2, -0.15) is 8.42 Å². The third kappa shape index (κ3) is 5.76. The Hall–Kier alpha value is -1.82. The quantitative estimate of drug-likeness (QED) is 0.265. The van der Waals surface area contributed by atoms with Crippen LogP contribution in [0.5, 0.6) is 0 Å². The van der Waals surface area contributed by atoms with Crippen LogP contribution in [0.2, 0.25) is 36.3 Å². The average molecular weight is 616 g/mol. The van der Waals surface area contributed by atoms with Gasteiger partial charge in [-0.3, -0.25) is 13.9 Å². The van der Waals surface area contributed by atoms with Gasteiger partial charge in [-0.15, -0.1) is 6.58 Å². The fourth-order valence-electron chi connectivity index (χ4n) is 4.24. The first-order chi connectivity index (χ1) is 18.0. The van der Waals surface area contributed by atoms with Gasteiger partial charge >= 0.3 is 5.69 Å². The molecule has 0 amide bonds. The molecule has 0 saturated carbocycles. The van der Waals surface area contributed by atoms with E-state index in [4.69, 9.17) is 23.5 Å². The fraction of sp³-hybridized carbons (Fsp3) is 0.692. The molecule has 4 atom stereocenters. The van der Waals surface area contributed by atoms with Gasteiger partial charge in [0.05, 0.1) is 17.7 Å². The Bertz CT molecular complexity index is 1400. The van der Waals surface area contributed by atoms with Crippen molar-refractivity contribution in [1.82, 2.24) is 9.13 Å². The van der Waals surface area contributed by atoms with Crippen LogP contribution in [-0.4, -0.2) is 58.6 Å². The summed E-state index contributed by atoms with van der Waals surface area (Å²) in [7, 11) is -9.20. The van der Waals surface area contributed by atoms with Crippen LogP contribution in [-0.2, 0) is 34.4 Å². The first kappa shape index (κ1) is 32.7. The van der Waals surface area contributed by atoms with Gasteiger partial charge in [0.25, 0.3) is 15.7 Å². The zero-order valence-corrected chi connectivity index (χ0v) is 28.1. The predicted octanol–water partition coefficient (Wildman–Crippen LogP) is 3.40. The van der Waals surface area contributed by atoms with E-state index in [1.807, 2.05) is 33.9 Å². The Labute approximate surface area is 239 Å². The minimum Gasteiger partial charge on any atom is -0.414 e. The van der Waals surface area contributed by atoms with E-state index in [1.54, 1.807) is 0 Å². The van der Waals surface area contributed by atoms with Crippen LogP contribution in [0, 0.1) is 0 Å². The van der Waals surface area contributed by atoms with E-state index in [-0.39, 0.29) is 28.9 Å². The van der Waals surface area contributed by atoms with Crippen LogP contribution in [0.15, 0.2) is 45.6 Å². The highest BCUT2D eigenvalue weighted by Crippen LogP contribution is 2.52. The number of allylic oxidation sites excluding steroid dienone is 1. The largest absolute Gasteiger partial charge is 0.414 e. The molecule has 1 aromatic heterocycles. The minimum atomic E-state index is -4.20. The Balaban J connectivity index is 2.27. The van der Waals surface area contributed by atoms with Gasteiger partial charge in [0.15, 0.2) is 28.5 Å². The van der Waals surface area contributed by atoms with Gasteiger partial charge in [-0.1, -0.05) is 47.6 Å². The standard InChI is InChI=1S/C26H45N3O8SSi2/c1-12-14-28-20(30)13-15-29(23(28)31)22-21(36-40(10,11)25(5,6)7)26(18(27)17-38(32,33)37-26)19(35-22)16-34-39(8,9)24(2,3)4/h12-13,15,17,19,21-22H,1,14,16,27H2,2-11H3. The minimum absolute atomic E-state index is 0.0189. The molecule has 2 aliphatic heterocycles. The van der Waals surface area contributed by atoms with Crippen LogP contribution in [0.25, 0.3) is 0 Å². The summed E-state index contributed by atoms with van der Waals surface area (Å²) < 4.78 is 53.6. The lowest BCUT2D eigenvalue weighted by Gasteiger charge is -2.43. The summed E-state index contributed by atoms with van der Waals surface area (Å²) >= 11 is 0. The zero-order chi connectivity index (χ0) is 30.7. The Morgan fingerprint density at radius 1 is 1.10 bits per heavy atom. The average Bonchev–Trinajstić information content (AvgIpc) is 3.20. The van der Waals surface area contributed by atoms with Crippen molar-refractivity contribution in [1.29, 1.82) is 0 Å². The van der Waals surface area contributed by atoms with E-state index in [9.17, 15) is 18.0 Å². The maximum Gasteiger partial charge on any atom is 0.333 e. The second-order valence-corrected chi connectivity index (χ2v) is 24.5. The van der Waals surface area contributed by atoms with Crippen molar-refractivity contribution < 1.29 is 26.2 Å². The third-order valence-electron chi connectivity index (χ3n) is 8.75. The van der Waals surface area contributed by atoms with Gasteiger partial charge in [-0.25, -0.2) is 8.98 Å². The second-order valence-electron chi connectivity index (χ2n) is 13.6. The molecule has 40 heavy (non-hydrogen) atoms. The smallest absolute Gasteiger partial charge is 0.333 e. The summed E-state index contributed by atoms with van der Waals surface area (Å²) in [4.78, 5) is 26.1. The van der Waals surface area contributed by atoms with E-state index < -0.39 is 62.0 Å². The Morgan fingerprint density at radius 2 is 1.68 bits per heavy atom. The van der Waals surface area contributed by atoms with Crippen molar-refractivity contribution in [3.63, 3.8) is 0 Å². The van der Waals surface area contributed by atoms with E-state index in [0.717, 1.165) is 9.98 Å². The molecule has 0 bridgehead atoms. The van der Waals surface area contributed by atoms with Crippen LogP contribution in [0.3, 0.4) is 0 Å². The highest BCUT2D eigenvalue weighted by Gasteiger charge is 2.67. The zero-order valence-electron chi connectivity index (χ0n) is 25.3. The molecule has 14 heteroatoms. The van der Waals surface area contributed by atoms with Gasteiger partial charge in [0.1, 0.15) is 12.2 Å². The van der Waals surface area contributed by atoms with Crippen molar-refractivity contribution in [3.05, 3.63) is 56.9 Å². The predicted molar refractivity (Wildman–Crippen MR) is 159 cm³/mol. The molecule has 4 unspecified atom stereocenters. The number of hydrogen-bond acceptors (Lipinski definition) is 9. The number of aromatic nitrogens is 2. The van der Waals surface area contributed by atoms with Crippen molar-refractivity contribution in [2.24, 2.45) is 5.73 Å². The van der Waals surface area contributed by atoms with E-state index in [2.05, 4.69) is 40.4 Å². The second kappa shape index (κ2) is 10.5. The lowest BCUT2D eigenvalue weighted by atomic mass is 9.89. The first-order valence-electron chi connectivity index (χ1n) is 13.3. The van der Waals surface area contributed by atoms with Gasteiger partial charge in [0.2, 0.25) is 0 Å². The maximum atomic E-state index is 13.6. The summed E-state index contributed by atoms with van der Waals surface area (Å²) in [5, 5.41) is 0.439. The Morgan fingerprint density at radius 3 is 2.15 bits per heavy atom. The summed E-state index contributed by atoms with van der Waals surface area (Å²) in [5.41, 5.74) is 3.43. The molecular weight excluding hydrogens is 571 g/mol. The molecule has 11 nitrogen and oxygen atoms in total. The molecule has 2 aliphatic rings. The molecule has 0 radical (unpaired) electrons. The van der Waals surface area contributed by atoms with Crippen molar-refractivity contribution in [2.45, 2.75) is 108 Å². The number of nitrogens with zero attached hydrogens (tertiary/aromatic N) is 2. The number of hydrogen-bond donors (Lipinski definition) is 1. The van der Waals surface area contributed by atoms with E-state index in [0.29, 0.717) is 0 Å². The molecule has 226 valence electrons. The molecule has 1 saturated heterocycles. The molecule has 1 fully saturated rings. The molecular formula is C26H45N3O8SSi2. The fourth-order valence-corrected chi connectivity index (χ4v) is 7.74. The van der Waals surface area contributed by atoms with Gasteiger partial charge in [0, 0.05) is 18.8 Å². The van der Waals surface area contributed by atoms with Crippen LogP contribution in [0.4, 0.5) is 0 Å². The molecule has 2 N–H and O–H groups in total. The van der Waals surface area contributed by atoms with Crippen molar-refractivity contribution in [2.75, 3.05) is 6.61 Å². The first-order valence-corrected chi connectivity index (χ1v) is 20.6. The molecule has 0 aliphatic carbocycles. The topological polar surface area (TPSA) is 141 Å². The number of ether oxygens (including phenoxy) is 1. The summed E-state index contributed by atoms with van der Waals surface area (Å²) in [6.45, 7) is 24.1.